The van der Waals surface area contributed by atoms with Crippen LogP contribution in [0.5, 0.6) is 0 Å². The molecule has 0 unspecified atom stereocenters. The van der Waals surface area contributed by atoms with Crippen molar-refractivity contribution >= 4 is 17.9 Å². The fraction of sp³-hybridized carbons (Fsp3) is 0.417. The molecule has 4 nitrogen and oxygen atoms in total. The highest BCUT2D eigenvalue weighted by Gasteiger charge is 2.31. The van der Waals surface area contributed by atoms with Gasteiger partial charge in [0.2, 0.25) is 0 Å². The minimum absolute atomic E-state index is 0.127. The maximum atomic E-state index is 12.1. The normalized spacial score (nSPS) is 16.1. The van der Waals surface area contributed by atoms with Crippen molar-refractivity contribution in [1.82, 2.24) is 4.90 Å². The Bertz CT molecular complexity index is 472. The van der Waals surface area contributed by atoms with Gasteiger partial charge in [-0.2, -0.15) is 13.2 Å². The molecule has 0 spiro atoms. The van der Waals surface area contributed by atoms with Crippen molar-refractivity contribution in [2.24, 2.45) is 0 Å². The molecule has 1 heterocycles. The largest absolute Gasteiger partial charge is 0.465 e. The van der Waals surface area contributed by atoms with E-state index in [2.05, 4.69) is 0 Å². The van der Waals surface area contributed by atoms with E-state index in [0.717, 1.165) is 5.56 Å². The SMILES string of the molecule is O=C(O)N1CC(OCc2ccc(SC(F)(F)F)cc2)C1. The summed E-state index contributed by atoms with van der Waals surface area (Å²) in [5.41, 5.74) is -3.53. The van der Waals surface area contributed by atoms with Gasteiger partial charge in [0.05, 0.1) is 25.8 Å². The van der Waals surface area contributed by atoms with Crippen LogP contribution in [0.25, 0.3) is 0 Å². The number of ether oxygens (including phenoxy) is 1. The lowest BCUT2D eigenvalue weighted by Crippen LogP contribution is -2.54. The fourth-order valence-corrected chi connectivity index (χ4v) is 2.24. The number of alkyl halides is 3. The summed E-state index contributed by atoms with van der Waals surface area (Å²) in [6, 6.07) is 5.92. The average molecular weight is 307 g/mol. The highest BCUT2D eigenvalue weighted by molar-refractivity contribution is 8.00. The summed E-state index contributed by atoms with van der Waals surface area (Å²) in [6.07, 6.45) is -1.12. The first-order chi connectivity index (χ1) is 9.33. The van der Waals surface area contributed by atoms with Gasteiger partial charge in [-0.15, -0.1) is 0 Å². The summed E-state index contributed by atoms with van der Waals surface area (Å²) >= 11 is -0.160. The average Bonchev–Trinajstić information content (AvgIpc) is 2.26. The van der Waals surface area contributed by atoms with Gasteiger partial charge in [-0.25, -0.2) is 4.79 Å². The van der Waals surface area contributed by atoms with E-state index in [-0.39, 0.29) is 29.4 Å². The van der Waals surface area contributed by atoms with Crippen LogP contribution in [0.15, 0.2) is 29.2 Å². The van der Waals surface area contributed by atoms with Crippen LogP contribution < -0.4 is 0 Å². The Hall–Kier alpha value is -1.41. The number of rotatable bonds is 4. The molecule has 1 aliphatic heterocycles. The summed E-state index contributed by atoms with van der Waals surface area (Å²) in [5.74, 6) is 0. The Balaban J connectivity index is 1.76. The Morgan fingerprint density at radius 3 is 2.45 bits per heavy atom. The molecule has 1 aromatic carbocycles. The Morgan fingerprint density at radius 1 is 1.35 bits per heavy atom. The number of amides is 1. The molecule has 110 valence electrons. The van der Waals surface area contributed by atoms with Gasteiger partial charge in [0.1, 0.15) is 0 Å². The lowest BCUT2D eigenvalue weighted by molar-refractivity contribution is -0.0522. The van der Waals surface area contributed by atoms with Crippen LogP contribution in [0.1, 0.15) is 5.56 Å². The van der Waals surface area contributed by atoms with Crippen LogP contribution >= 0.6 is 11.8 Å². The van der Waals surface area contributed by atoms with Gasteiger partial charge >= 0.3 is 11.6 Å². The first-order valence-corrected chi connectivity index (χ1v) is 6.59. The summed E-state index contributed by atoms with van der Waals surface area (Å²) in [7, 11) is 0. The minimum Gasteiger partial charge on any atom is -0.465 e. The van der Waals surface area contributed by atoms with Crippen molar-refractivity contribution < 1.29 is 27.8 Å². The van der Waals surface area contributed by atoms with Gasteiger partial charge in [-0.1, -0.05) is 12.1 Å². The predicted octanol–water partition coefficient (Wildman–Crippen LogP) is 3.18. The maximum absolute atomic E-state index is 12.1. The molecule has 0 bridgehead atoms. The third-order valence-electron chi connectivity index (χ3n) is 2.76. The quantitative estimate of drug-likeness (QED) is 0.868. The number of carbonyl (C=O) groups is 1. The van der Waals surface area contributed by atoms with Crippen LogP contribution in [0, 0.1) is 0 Å². The Kier molecular flexibility index (Phi) is 4.44. The van der Waals surface area contributed by atoms with Crippen LogP contribution in [0.4, 0.5) is 18.0 Å². The number of benzene rings is 1. The first kappa shape index (κ1) is 15.0. The number of hydrogen-bond donors (Lipinski definition) is 1. The lowest BCUT2D eigenvalue weighted by atomic mass is 10.2. The van der Waals surface area contributed by atoms with E-state index in [9.17, 15) is 18.0 Å². The molecule has 2 rings (SSSR count). The Labute approximate surface area is 117 Å². The zero-order chi connectivity index (χ0) is 14.8. The van der Waals surface area contributed by atoms with Crippen LogP contribution in [-0.4, -0.2) is 40.8 Å². The molecule has 0 radical (unpaired) electrons. The van der Waals surface area contributed by atoms with E-state index >= 15 is 0 Å². The summed E-state index contributed by atoms with van der Waals surface area (Å²) in [4.78, 5) is 11.9. The molecular weight excluding hydrogens is 295 g/mol. The van der Waals surface area contributed by atoms with Gasteiger partial charge < -0.3 is 14.7 Å². The molecule has 0 atom stereocenters. The molecule has 1 N–H and O–H groups in total. The standard InChI is InChI=1S/C12H12F3NO3S/c13-12(14,15)20-10-3-1-8(2-4-10)7-19-9-5-16(6-9)11(17)18/h1-4,9H,5-7H2,(H,17,18). The molecular formula is C12H12F3NO3S. The van der Waals surface area contributed by atoms with Crippen molar-refractivity contribution in [3.05, 3.63) is 29.8 Å². The molecule has 1 aromatic rings. The smallest absolute Gasteiger partial charge is 0.446 e. The number of hydrogen-bond acceptors (Lipinski definition) is 3. The second kappa shape index (κ2) is 5.92. The van der Waals surface area contributed by atoms with Crippen molar-refractivity contribution in [3.63, 3.8) is 0 Å². The number of thioether (sulfide) groups is 1. The summed E-state index contributed by atoms with van der Waals surface area (Å²) in [5, 5.41) is 8.64. The van der Waals surface area contributed by atoms with Crippen molar-refractivity contribution in [3.8, 4) is 0 Å². The highest BCUT2D eigenvalue weighted by Crippen LogP contribution is 2.36. The molecule has 8 heteroatoms. The van der Waals surface area contributed by atoms with Crippen molar-refractivity contribution in [2.75, 3.05) is 13.1 Å². The number of halogens is 3. The number of likely N-dealkylation sites (tertiary alicyclic amines) is 1. The van der Waals surface area contributed by atoms with Crippen molar-refractivity contribution in [1.29, 1.82) is 0 Å². The van der Waals surface area contributed by atoms with E-state index in [1.54, 1.807) is 12.1 Å². The highest BCUT2D eigenvalue weighted by atomic mass is 32.2. The minimum atomic E-state index is -4.29. The Morgan fingerprint density at radius 2 is 1.95 bits per heavy atom. The summed E-state index contributed by atoms with van der Waals surface area (Å²) in [6.45, 7) is 0.920. The van der Waals surface area contributed by atoms with E-state index in [4.69, 9.17) is 9.84 Å². The fourth-order valence-electron chi connectivity index (χ4n) is 1.70. The maximum Gasteiger partial charge on any atom is 0.446 e. The molecule has 0 aromatic heterocycles. The number of carboxylic acid groups (broad SMARTS) is 1. The van der Waals surface area contributed by atoms with Crippen LogP contribution in [-0.2, 0) is 11.3 Å². The molecule has 0 aliphatic carbocycles. The third kappa shape index (κ3) is 4.31. The van der Waals surface area contributed by atoms with Crippen LogP contribution in [0.2, 0.25) is 0 Å². The zero-order valence-electron chi connectivity index (χ0n) is 10.3. The second-order valence-electron chi connectivity index (χ2n) is 4.31. The van der Waals surface area contributed by atoms with Crippen molar-refractivity contribution in [2.45, 2.75) is 23.1 Å². The van der Waals surface area contributed by atoms with Gasteiger partial charge in [0.15, 0.2) is 0 Å². The first-order valence-electron chi connectivity index (χ1n) is 5.77. The van der Waals surface area contributed by atoms with Crippen LogP contribution in [0.3, 0.4) is 0 Å². The second-order valence-corrected chi connectivity index (χ2v) is 5.45. The van der Waals surface area contributed by atoms with E-state index in [0.29, 0.717) is 13.1 Å². The molecule has 20 heavy (non-hydrogen) atoms. The molecule has 1 aliphatic rings. The molecule has 1 fully saturated rings. The molecule has 0 saturated carbocycles. The monoisotopic (exact) mass is 307 g/mol. The van der Waals surface area contributed by atoms with E-state index in [1.807, 2.05) is 0 Å². The van der Waals surface area contributed by atoms with E-state index in [1.165, 1.54) is 17.0 Å². The number of nitrogens with zero attached hydrogens (tertiary/aromatic N) is 1. The van der Waals surface area contributed by atoms with Gasteiger partial charge in [-0.3, -0.25) is 0 Å². The van der Waals surface area contributed by atoms with Gasteiger partial charge in [0, 0.05) is 4.90 Å². The lowest BCUT2D eigenvalue weighted by Gasteiger charge is -2.36. The van der Waals surface area contributed by atoms with Gasteiger partial charge in [-0.05, 0) is 29.5 Å². The topological polar surface area (TPSA) is 49.8 Å². The third-order valence-corrected chi connectivity index (χ3v) is 3.50. The zero-order valence-corrected chi connectivity index (χ0v) is 11.1. The molecule has 1 amide bonds. The van der Waals surface area contributed by atoms with E-state index < -0.39 is 11.6 Å². The summed E-state index contributed by atoms with van der Waals surface area (Å²) < 4.78 is 41.9. The van der Waals surface area contributed by atoms with Gasteiger partial charge in [0.25, 0.3) is 0 Å². The predicted molar refractivity (Wildman–Crippen MR) is 66.5 cm³/mol. The molecule has 1 saturated heterocycles.